The molecule has 0 spiro atoms. The van der Waals surface area contributed by atoms with Crippen LogP contribution in [0.5, 0.6) is 5.75 Å². The number of nitrogens with zero attached hydrogens (tertiary/aromatic N) is 3. The minimum absolute atomic E-state index is 0.248. The first-order chi connectivity index (χ1) is 13.8. The van der Waals surface area contributed by atoms with Gasteiger partial charge in [0.05, 0.1) is 24.5 Å². The molecule has 6 nitrogen and oxygen atoms in total. The van der Waals surface area contributed by atoms with Crippen molar-refractivity contribution in [1.29, 1.82) is 0 Å². The molecule has 29 heavy (non-hydrogen) atoms. The highest BCUT2D eigenvalue weighted by Crippen LogP contribution is 2.39. The maximum atomic E-state index is 13.0. The molecule has 2 aromatic heterocycles. The molecule has 4 heterocycles. The summed E-state index contributed by atoms with van der Waals surface area (Å²) in [6.45, 7) is 4.62. The number of fused-ring (bicyclic) bond motifs is 2. The Hall–Kier alpha value is -2.81. The Kier molecular flexibility index (Phi) is 3.99. The number of anilines is 1. The summed E-state index contributed by atoms with van der Waals surface area (Å²) in [5.74, 6) is 0.473. The van der Waals surface area contributed by atoms with Crippen LogP contribution in [0.15, 0.2) is 28.7 Å². The summed E-state index contributed by atoms with van der Waals surface area (Å²) in [5, 5.41) is 10.2. The Labute approximate surface area is 163 Å². The highest BCUT2D eigenvalue weighted by molar-refractivity contribution is 5.78. The van der Waals surface area contributed by atoms with Gasteiger partial charge in [-0.25, -0.2) is 4.98 Å². The number of halogens is 3. The van der Waals surface area contributed by atoms with Gasteiger partial charge in [-0.15, -0.1) is 0 Å². The maximum Gasteiger partial charge on any atom is 0.416 e. The summed E-state index contributed by atoms with van der Waals surface area (Å²) in [6.07, 6.45) is -4.53. The molecule has 2 atom stereocenters. The lowest BCUT2D eigenvalue weighted by Crippen LogP contribution is -2.22. The van der Waals surface area contributed by atoms with Gasteiger partial charge in [-0.3, -0.25) is 0 Å². The molecule has 2 saturated heterocycles. The maximum absolute atomic E-state index is 13.0. The molecule has 0 radical (unpaired) electrons. The molecule has 2 fully saturated rings. The van der Waals surface area contributed by atoms with Crippen LogP contribution in [0.3, 0.4) is 0 Å². The lowest BCUT2D eigenvalue weighted by Gasteiger charge is -2.13. The molecule has 0 amide bonds. The number of benzene rings is 1. The van der Waals surface area contributed by atoms with Gasteiger partial charge in [-0.1, -0.05) is 0 Å². The Morgan fingerprint density at radius 1 is 1.10 bits per heavy atom. The van der Waals surface area contributed by atoms with Gasteiger partial charge in [0.15, 0.2) is 5.58 Å². The van der Waals surface area contributed by atoms with Gasteiger partial charge in [0.2, 0.25) is 5.65 Å². The number of hydrogen-bond donors (Lipinski definition) is 1. The van der Waals surface area contributed by atoms with Crippen LogP contribution >= 0.6 is 0 Å². The summed E-state index contributed by atoms with van der Waals surface area (Å²) < 4.78 is 50.2. The minimum atomic E-state index is -4.53. The SMILES string of the molecule is Cc1cc(C(F)(F)F)cc(O)c1-c1ccc2oc(N3CC4COCC4C3)nc2n1. The van der Waals surface area contributed by atoms with Gasteiger partial charge in [0.1, 0.15) is 5.75 Å². The predicted octanol–water partition coefficient (Wildman–Crippen LogP) is 4.01. The molecule has 1 aromatic carbocycles. The van der Waals surface area contributed by atoms with Crippen LogP contribution in [0.4, 0.5) is 19.2 Å². The number of alkyl halides is 3. The Bertz CT molecular complexity index is 1060. The first-order valence-corrected chi connectivity index (χ1v) is 9.31. The number of aromatic nitrogens is 2. The monoisotopic (exact) mass is 405 g/mol. The topological polar surface area (TPSA) is 71.6 Å². The summed E-state index contributed by atoms with van der Waals surface area (Å²) in [4.78, 5) is 11.0. The fourth-order valence-corrected chi connectivity index (χ4v) is 4.19. The zero-order valence-corrected chi connectivity index (χ0v) is 15.5. The highest BCUT2D eigenvalue weighted by Gasteiger charge is 2.39. The molecule has 0 bridgehead atoms. The first-order valence-electron chi connectivity index (χ1n) is 9.31. The van der Waals surface area contributed by atoms with E-state index < -0.39 is 17.5 Å². The number of aromatic hydroxyl groups is 1. The number of aryl methyl sites for hydroxylation is 1. The standard InChI is InChI=1S/C20H18F3N3O3/c1-10-4-13(20(21,22)23)5-15(27)17(10)14-2-3-16-18(24-14)25-19(29-16)26-6-11-8-28-9-12(11)7-26/h2-5,11-12,27H,6-9H2,1H3. The molecular formula is C20H18F3N3O3. The van der Waals surface area contributed by atoms with E-state index in [1.807, 2.05) is 0 Å². The molecule has 2 unspecified atom stereocenters. The smallest absolute Gasteiger partial charge is 0.416 e. The van der Waals surface area contributed by atoms with E-state index in [0.29, 0.717) is 40.8 Å². The van der Waals surface area contributed by atoms with Gasteiger partial charge in [0, 0.05) is 30.5 Å². The fourth-order valence-electron chi connectivity index (χ4n) is 4.19. The molecule has 152 valence electrons. The van der Waals surface area contributed by atoms with Crippen LogP contribution in [0, 0.1) is 18.8 Å². The first kappa shape index (κ1) is 18.2. The van der Waals surface area contributed by atoms with Crippen molar-refractivity contribution < 1.29 is 27.4 Å². The van der Waals surface area contributed by atoms with Gasteiger partial charge in [0.25, 0.3) is 6.01 Å². The highest BCUT2D eigenvalue weighted by atomic mass is 19.4. The molecule has 9 heteroatoms. The zero-order valence-electron chi connectivity index (χ0n) is 15.5. The van der Waals surface area contributed by atoms with Crippen molar-refractivity contribution in [2.75, 3.05) is 31.2 Å². The van der Waals surface area contributed by atoms with Crippen molar-refractivity contribution in [3.8, 4) is 17.0 Å². The van der Waals surface area contributed by atoms with E-state index in [1.165, 1.54) is 6.92 Å². The van der Waals surface area contributed by atoms with E-state index in [4.69, 9.17) is 9.15 Å². The predicted molar refractivity (Wildman–Crippen MR) is 98.7 cm³/mol. The second-order valence-corrected chi connectivity index (χ2v) is 7.66. The third-order valence-corrected chi connectivity index (χ3v) is 5.65. The van der Waals surface area contributed by atoms with Gasteiger partial charge in [-0.05, 0) is 36.8 Å². The number of hydrogen-bond acceptors (Lipinski definition) is 6. The largest absolute Gasteiger partial charge is 0.507 e. The van der Waals surface area contributed by atoms with Crippen molar-refractivity contribution in [3.63, 3.8) is 0 Å². The molecule has 0 aliphatic carbocycles. The molecule has 2 aliphatic heterocycles. The summed E-state index contributed by atoms with van der Waals surface area (Å²) in [7, 11) is 0. The van der Waals surface area contributed by atoms with Crippen LogP contribution in [-0.2, 0) is 10.9 Å². The van der Waals surface area contributed by atoms with Crippen LogP contribution in [0.1, 0.15) is 11.1 Å². The van der Waals surface area contributed by atoms with E-state index in [1.54, 1.807) is 12.1 Å². The summed E-state index contributed by atoms with van der Waals surface area (Å²) in [5.41, 5.74) is 0.806. The third-order valence-electron chi connectivity index (χ3n) is 5.65. The summed E-state index contributed by atoms with van der Waals surface area (Å²) in [6, 6.07) is 5.48. The van der Waals surface area contributed by atoms with Crippen LogP contribution < -0.4 is 4.90 Å². The van der Waals surface area contributed by atoms with E-state index in [-0.39, 0.29) is 11.1 Å². The fraction of sp³-hybridized carbons (Fsp3) is 0.400. The van der Waals surface area contributed by atoms with Crippen molar-refractivity contribution >= 4 is 17.2 Å². The van der Waals surface area contributed by atoms with Crippen molar-refractivity contribution in [2.24, 2.45) is 11.8 Å². The number of ether oxygens (including phenoxy) is 1. The minimum Gasteiger partial charge on any atom is -0.507 e. The molecule has 1 N–H and O–H groups in total. The van der Waals surface area contributed by atoms with Crippen LogP contribution in [-0.4, -0.2) is 41.4 Å². The van der Waals surface area contributed by atoms with E-state index >= 15 is 0 Å². The number of oxazole rings is 1. The van der Waals surface area contributed by atoms with E-state index in [2.05, 4.69) is 14.9 Å². The third kappa shape index (κ3) is 3.09. The van der Waals surface area contributed by atoms with Crippen LogP contribution in [0.2, 0.25) is 0 Å². The Morgan fingerprint density at radius 2 is 1.83 bits per heavy atom. The molecule has 0 saturated carbocycles. The lowest BCUT2D eigenvalue weighted by molar-refractivity contribution is -0.137. The second-order valence-electron chi connectivity index (χ2n) is 7.66. The molecule has 2 aliphatic rings. The van der Waals surface area contributed by atoms with Crippen molar-refractivity contribution in [3.05, 3.63) is 35.4 Å². The van der Waals surface area contributed by atoms with E-state index in [9.17, 15) is 18.3 Å². The number of pyridine rings is 1. The van der Waals surface area contributed by atoms with Crippen molar-refractivity contribution in [1.82, 2.24) is 9.97 Å². The Morgan fingerprint density at radius 3 is 2.48 bits per heavy atom. The molecule has 5 rings (SSSR count). The van der Waals surface area contributed by atoms with Gasteiger partial charge < -0.3 is 19.2 Å². The average Bonchev–Trinajstić information content (AvgIpc) is 3.33. The van der Waals surface area contributed by atoms with Gasteiger partial charge in [-0.2, -0.15) is 18.2 Å². The average molecular weight is 405 g/mol. The summed E-state index contributed by atoms with van der Waals surface area (Å²) >= 11 is 0. The normalized spacial score (nSPS) is 21.9. The molecular weight excluding hydrogens is 387 g/mol. The quantitative estimate of drug-likeness (QED) is 0.695. The van der Waals surface area contributed by atoms with Crippen molar-refractivity contribution in [2.45, 2.75) is 13.1 Å². The van der Waals surface area contributed by atoms with E-state index in [0.717, 1.165) is 32.4 Å². The zero-order chi connectivity index (χ0) is 20.3. The van der Waals surface area contributed by atoms with Crippen LogP contribution in [0.25, 0.3) is 22.5 Å². The Balaban J connectivity index is 1.49. The van der Waals surface area contributed by atoms with Gasteiger partial charge >= 0.3 is 6.18 Å². The lowest BCUT2D eigenvalue weighted by atomic mass is 10.0. The number of phenols is 1. The second kappa shape index (κ2) is 6.35. The number of rotatable bonds is 2. The molecule has 3 aromatic rings. The number of phenolic OH excluding ortho intramolecular Hbond substituents is 1.